The van der Waals surface area contributed by atoms with Gasteiger partial charge >= 0.3 is 0 Å². The van der Waals surface area contributed by atoms with Crippen LogP contribution in [0.5, 0.6) is 0 Å². The van der Waals surface area contributed by atoms with Gasteiger partial charge in [-0.2, -0.15) is 5.26 Å². The van der Waals surface area contributed by atoms with Crippen molar-refractivity contribution < 1.29 is 0 Å². The van der Waals surface area contributed by atoms with Crippen LogP contribution in [0.25, 0.3) is 0 Å². The van der Waals surface area contributed by atoms with Crippen LogP contribution in [0.15, 0.2) is 36.8 Å². The van der Waals surface area contributed by atoms with Gasteiger partial charge in [-0.3, -0.25) is 9.97 Å². The Morgan fingerprint density at radius 1 is 1.35 bits per heavy atom. The first kappa shape index (κ1) is 11.1. The molecule has 0 atom stereocenters. The molecule has 0 fully saturated rings. The molecular formula is C13H12N4. The maximum Gasteiger partial charge on any atom is 0.102 e. The van der Waals surface area contributed by atoms with Crippen molar-refractivity contribution >= 4 is 5.69 Å². The lowest BCUT2D eigenvalue weighted by Crippen LogP contribution is -2.04. The average Bonchev–Trinajstić information content (AvgIpc) is 2.37. The molecule has 0 bridgehead atoms. The van der Waals surface area contributed by atoms with Crippen LogP contribution in [0.3, 0.4) is 0 Å². The number of hydrogen-bond donors (Lipinski definition) is 1. The molecule has 2 aromatic rings. The highest BCUT2D eigenvalue weighted by molar-refractivity contribution is 5.60. The topological polar surface area (TPSA) is 61.6 Å². The summed E-state index contributed by atoms with van der Waals surface area (Å²) in [5.41, 5.74) is 3.32. The summed E-state index contributed by atoms with van der Waals surface area (Å²) in [5, 5.41) is 12.3. The Balaban J connectivity index is 2.15. The van der Waals surface area contributed by atoms with Crippen LogP contribution in [0.1, 0.15) is 16.8 Å². The summed E-state index contributed by atoms with van der Waals surface area (Å²) in [6, 6.07) is 7.94. The molecule has 0 saturated carbocycles. The smallest absolute Gasteiger partial charge is 0.102 e. The molecule has 0 radical (unpaired) electrons. The van der Waals surface area contributed by atoms with Crippen LogP contribution < -0.4 is 5.32 Å². The molecule has 0 saturated heterocycles. The van der Waals surface area contributed by atoms with Gasteiger partial charge in [-0.25, -0.2) is 0 Å². The third-order valence-electron chi connectivity index (χ3n) is 2.46. The second-order valence-corrected chi connectivity index (χ2v) is 3.66. The first-order valence-electron chi connectivity index (χ1n) is 5.29. The average molecular weight is 224 g/mol. The third-order valence-corrected chi connectivity index (χ3v) is 2.46. The van der Waals surface area contributed by atoms with E-state index < -0.39 is 0 Å². The standard InChI is InChI=1S/C13H12N4/c1-10-3-2-4-13(12(10)7-14)17-9-11-8-15-5-6-16-11/h2-6,8,17H,9H2,1H3. The minimum atomic E-state index is 0.561. The lowest BCUT2D eigenvalue weighted by atomic mass is 10.1. The van der Waals surface area contributed by atoms with E-state index in [0.29, 0.717) is 12.1 Å². The Kier molecular flexibility index (Phi) is 3.31. The van der Waals surface area contributed by atoms with Crippen LogP contribution in [-0.4, -0.2) is 9.97 Å². The number of rotatable bonds is 3. The maximum absolute atomic E-state index is 9.08. The van der Waals surface area contributed by atoms with E-state index in [0.717, 1.165) is 16.9 Å². The lowest BCUT2D eigenvalue weighted by molar-refractivity contribution is 1.01. The number of benzene rings is 1. The Morgan fingerprint density at radius 3 is 2.94 bits per heavy atom. The monoisotopic (exact) mass is 224 g/mol. The van der Waals surface area contributed by atoms with Crippen molar-refractivity contribution in [2.24, 2.45) is 0 Å². The molecule has 0 unspecified atom stereocenters. The van der Waals surface area contributed by atoms with Crippen LogP contribution in [0.2, 0.25) is 0 Å². The quantitative estimate of drug-likeness (QED) is 0.868. The molecule has 0 amide bonds. The SMILES string of the molecule is Cc1cccc(NCc2cnccn2)c1C#N. The van der Waals surface area contributed by atoms with Gasteiger partial charge in [-0.15, -0.1) is 0 Å². The zero-order valence-electron chi connectivity index (χ0n) is 9.51. The summed E-state index contributed by atoms with van der Waals surface area (Å²) in [5.74, 6) is 0. The number of nitriles is 1. The van der Waals surface area contributed by atoms with Crippen molar-refractivity contribution in [2.45, 2.75) is 13.5 Å². The summed E-state index contributed by atoms with van der Waals surface area (Å²) >= 11 is 0. The van der Waals surface area contributed by atoms with Gasteiger partial charge in [-0.05, 0) is 18.6 Å². The highest BCUT2D eigenvalue weighted by Gasteiger charge is 2.04. The fourth-order valence-corrected chi connectivity index (χ4v) is 1.57. The molecular weight excluding hydrogens is 212 g/mol. The normalized spacial score (nSPS) is 9.65. The number of aromatic nitrogens is 2. The van der Waals surface area contributed by atoms with Gasteiger partial charge in [-0.1, -0.05) is 12.1 Å². The predicted molar refractivity (Wildman–Crippen MR) is 65.3 cm³/mol. The van der Waals surface area contributed by atoms with Crippen molar-refractivity contribution in [1.29, 1.82) is 5.26 Å². The Labute approximate surface area is 100.0 Å². The van der Waals surface area contributed by atoms with E-state index in [1.54, 1.807) is 18.6 Å². The number of nitrogens with one attached hydrogen (secondary N) is 1. The Bertz CT molecular complexity index is 543. The van der Waals surface area contributed by atoms with Crippen LogP contribution in [0.4, 0.5) is 5.69 Å². The van der Waals surface area contributed by atoms with Crippen molar-refractivity contribution in [1.82, 2.24) is 9.97 Å². The van der Waals surface area contributed by atoms with Crippen molar-refractivity contribution in [3.63, 3.8) is 0 Å². The molecule has 84 valence electrons. The maximum atomic E-state index is 9.08. The minimum absolute atomic E-state index is 0.561. The molecule has 1 N–H and O–H groups in total. The van der Waals surface area contributed by atoms with Crippen molar-refractivity contribution in [3.05, 3.63) is 53.6 Å². The van der Waals surface area contributed by atoms with E-state index in [9.17, 15) is 0 Å². The second kappa shape index (κ2) is 5.08. The van der Waals surface area contributed by atoms with Crippen LogP contribution >= 0.6 is 0 Å². The first-order chi connectivity index (χ1) is 8.31. The predicted octanol–water partition coefficient (Wildman–Crippen LogP) is 2.27. The molecule has 1 aromatic carbocycles. The van der Waals surface area contributed by atoms with Gasteiger partial charge in [0.1, 0.15) is 6.07 Å². The summed E-state index contributed by atoms with van der Waals surface area (Å²) in [4.78, 5) is 8.15. The zero-order chi connectivity index (χ0) is 12.1. The molecule has 4 nitrogen and oxygen atoms in total. The highest BCUT2D eigenvalue weighted by atomic mass is 14.9. The third kappa shape index (κ3) is 2.58. The van der Waals surface area contributed by atoms with Gasteiger partial charge in [0.25, 0.3) is 0 Å². The van der Waals surface area contributed by atoms with Crippen LogP contribution in [0, 0.1) is 18.3 Å². The summed E-state index contributed by atoms with van der Waals surface area (Å²) in [7, 11) is 0. The van der Waals surface area contributed by atoms with Gasteiger partial charge in [0.15, 0.2) is 0 Å². The van der Waals surface area contributed by atoms with E-state index in [4.69, 9.17) is 5.26 Å². The first-order valence-corrected chi connectivity index (χ1v) is 5.29. The molecule has 0 aliphatic heterocycles. The molecule has 2 rings (SSSR count). The molecule has 1 heterocycles. The van der Waals surface area contributed by atoms with Crippen LogP contribution in [-0.2, 0) is 6.54 Å². The van der Waals surface area contributed by atoms with E-state index in [2.05, 4.69) is 21.4 Å². The van der Waals surface area contributed by atoms with E-state index in [-0.39, 0.29) is 0 Å². The van der Waals surface area contributed by atoms with Gasteiger partial charge in [0.05, 0.1) is 29.7 Å². The molecule has 4 heteroatoms. The second-order valence-electron chi connectivity index (χ2n) is 3.66. The number of aryl methyl sites for hydroxylation is 1. The van der Waals surface area contributed by atoms with Crippen molar-refractivity contribution in [3.8, 4) is 6.07 Å². The van der Waals surface area contributed by atoms with Gasteiger partial charge in [0.2, 0.25) is 0 Å². The van der Waals surface area contributed by atoms with E-state index in [1.165, 1.54) is 0 Å². The molecule has 0 spiro atoms. The largest absolute Gasteiger partial charge is 0.378 e. The lowest BCUT2D eigenvalue weighted by Gasteiger charge is -2.08. The number of hydrogen-bond acceptors (Lipinski definition) is 4. The van der Waals surface area contributed by atoms with E-state index in [1.807, 2.05) is 25.1 Å². The van der Waals surface area contributed by atoms with Crippen molar-refractivity contribution in [2.75, 3.05) is 5.32 Å². The summed E-state index contributed by atoms with van der Waals surface area (Å²) in [6.45, 7) is 2.48. The van der Waals surface area contributed by atoms with Gasteiger partial charge in [0, 0.05) is 12.4 Å². The summed E-state index contributed by atoms with van der Waals surface area (Å²) in [6.07, 6.45) is 4.99. The van der Waals surface area contributed by atoms with Gasteiger partial charge < -0.3 is 5.32 Å². The fraction of sp³-hybridized carbons (Fsp3) is 0.154. The van der Waals surface area contributed by atoms with E-state index >= 15 is 0 Å². The highest BCUT2D eigenvalue weighted by Crippen LogP contribution is 2.18. The molecule has 0 aliphatic carbocycles. The Hall–Kier alpha value is -2.41. The molecule has 1 aromatic heterocycles. The molecule has 0 aliphatic rings. The number of anilines is 1. The zero-order valence-corrected chi connectivity index (χ0v) is 9.51. The Morgan fingerprint density at radius 2 is 2.24 bits per heavy atom. The minimum Gasteiger partial charge on any atom is -0.378 e. The fourth-order valence-electron chi connectivity index (χ4n) is 1.57. The number of nitrogens with zero attached hydrogens (tertiary/aromatic N) is 3. The summed E-state index contributed by atoms with van der Waals surface area (Å²) < 4.78 is 0. The molecule has 17 heavy (non-hydrogen) atoms.